The second-order valence-corrected chi connectivity index (χ2v) is 5.45. The standard InChI is InChI=1S/C17H17N5/c1-2-14(11-15-12-19-6-5-13(1)15)16-3-4-17(21-20-16)22-9-7-18-8-10-22/h1-6,11-12,18H,7-10H2. The summed E-state index contributed by atoms with van der Waals surface area (Å²) in [6, 6.07) is 12.4. The molecule has 3 aromatic rings. The van der Waals surface area contributed by atoms with Crippen molar-refractivity contribution in [3.8, 4) is 11.3 Å². The van der Waals surface area contributed by atoms with Crippen LogP contribution in [0, 0.1) is 0 Å². The average Bonchev–Trinajstić information content (AvgIpc) is 2.62. The number of hydrogen-bond acceptors (Lipinski definition) is 5. The summed E-state index contributed by atoms with van der Waals surface area (Å²) in [5, 5.41) is 14.4. The van der Waals surface area contributed by atoms with Crippen LogP contribution in [0.4, 0.5) is 5.82 Å². The molecule has 1 saturated heterocycles. The quantitative estimate of drug-likeness (QED) is 0.783. The first-order chi connectivity index (χ1) is 10.9. The predicted octanol–water partition coefficient (Wildman–Crippen LogP) is 2.10. The van der Waals surface area contributed by atoms with E-state index < -0.39 is 0 Å². The van der Waals surface area contributed by atoms with E-state index in [1.165, 1.54) is 5.39 Å². The number of rotatable bonds is 2. The zero-order valence-electron chi connectivity index (χ0n) is 12.2. The topological polar surface area (TPSA) is 53.9 Å². The Morgan fingerprint density at radius 2 is 1.82 bits per heavy atom. The minimum Gasteiger partial charge on any atom is -0.353 e. The summed E-state index contributed by atoms with van der Waals surface area (Å²) >= 11 is 0. The Hall–Kier alpha value is -2.53. The number of pyridine rings is 1. The molecule has 110 valence electrons. The van der Waals surface area contributed by atoms with Gasteiger partial charge in [-0.3, -0.25) is 4.98 Å². The molecular formula is C17H17N5. The maximum Gasteiger partial charge on any atom is 0.151 e. The molecule has 0 atom stereocenters. The average molecular weight is 291 g/mol. The molecule has 2 aromatic heterocycles. The second kappa shape index (κ2) is 5.69. The molecule has 0 amide bonds. The lowest BCUT2D eigenvalue weighted by atomic mass is 10.1. The molecule has 5 heteroatoms. The van der Waals surface area contributed by atoms with Crippen molar-refractivity contribution in [2.45, 2.75) is 0 Å². The van der Waals surface area contributed by atoms with Crippen LogP contribution in [-0.4, -0.2) is 41.4 Å². The van der Waals surface area contributed by atoms with E-state index in [2.05, 4.69) is 49.7 Å². The minimum absolute atomic E-state index is 0.893. The normalized spacial score (nSPS) is 15.2. The van der Waals surface area contributed by atoms with Crippen molar-refractivity contribution < 1.29 is 0 Å². The zero-order valence-corrected chi connectivity index (χ0v) is 12.2. The fraction of sp³-hybridized carbons (Fsp3) is 0.235. The second-order valence-electron chi connectivity index (χ2n) is 5.45. The van der Waals surface area contributed by atoms with Crippen molar-refractivity contribution in [1.29, 1.82) is 0 Å². The van der Waals surface area contributed by atoms with Crippen molar-refractivity contribution in [3.63, 3.8) is 0 Å². The van der Waals surface area contributed by atoms with Gasteiger partial charge in [-0.15, -0.1) is 10.2 Å². The summed E-state index contributed by atoms with van der Waals surface area (Å²) in [5.41, 5.74) is 1.96. The summed E-state index contributed by atoms with van der Waals surface area (Å²) in [5.74, 6) is 0.952. The van der Waals surface area contributed by atoms with Crippen LogP contribution in [0.1, 0.15) is 0 Å². The highest BCUT2D eigenvalue weighted by Gasteiger charge is 2.12. The lowest BCUT2D eigenvalue weighted by molar-refractivity contribution is 0.583. The number of fused-ring (bicyclic) bond motifs is 1. The van der Waals surface area contributed by atoms with Crippen molar-refractivity contribution in [1.82, 2.24) is 20.5 Å². The monoisotopic (exact) mass is 291 g/mol. The molecule has 1 aromatic carbocycles. The van der Waals surface area contributed by atoms with Crippen LogP contribution in [0.2, 0.25) is 0 Å². The fourth-order valence-corrected chi connectivity index (χ4v) is 2.79. The Kier molecular flexibility index (Phi) is 3.40. The maximum absolute atomic E-state index is 4.40. The number of anilines is 1. The van der Waals surface area contributed by atoms with E-state index in [0.29, 0.717) is 0 Å². The highest BCUT2D eigenvalue weighted by molar-refractivity contribution is 5.85. The molecule has 0 spiro atoms. The van der Waals surface area contributed by atoms with Gasteiger partial charge in [-0.2, -0.15) is 0 Å². The minimum atomic E-state index is 0.893. The van der Waals surface area contributed by atoms with E-state index in [4.69, 9.17) is 0 Å². The Bertz CT molecular complexity index is 778. The Morgan fingerprint density at radius 1 is 0.909 bits per heavy atom. The van der Waals surface area contributed by atoms with E-state index in [0.717, 1.165) is 48.6 Å². The van der Waals surface area contributed by atoms with Crippen LogP contribution in [0.5, 0.6) is 0 Å². The molecule has 0 saturated carbocycles. The van der Waals surface area contributed by atoms with Crippen molar-refractivity contribution >= 4 is 16.6 Å². The predicted molar refractivity (Wildman–Crippen MR) is 87.9 cm³/mol. The van der Waals surface area contributed by atoms with Gasteiger partial charge in [0.25, 0.3) is 0 Å². The summed E-state index contributed by atoms with van der Waals surface area (Å²) in [4.78, 5) is 6.44. The molecule has 22 heavy (non-hydrogen) atoms. The van der Waals surface area contributed by atoms with Gasteiger partial charge in [0.15, 0.2) is 5.82 Å². The number of benzene rings is 1. The molecule has 5 nitrogen and oxygen atoms in total. The zero-order chi connectivity index (χ0) is 14.8. The summed E-state index contributed by atoms with van der Waals surface area (Å²) in [7, 11) is 0. The molecule has 3 heterocycles. The van der Waals surface area contributed by atoms with Crippen LogP contribution < -0.4 is 10.2 Å². The Labute approximate surface area is 129 Å². The molecule has 0 aliphatic carbocycles. The molecule has 0 radical (unpaired) electrons. The summed E-state index contributed by atoms with van der Waals surface area (Å²) in [6.07, 6.45) is 3.69. The first-order valence-corrected chi connectivity index (χ1v) is 7.54. The smallest absolute Gasteiger partial charge is 0.151 e. The Morgan fingerprint density at radius 3 is 2.64 bits per heavy atom. The maximum atomic E-state index is 4.40. The van der Waals surface area contributed by atoms with Gasteiger partial charge < -0.3 is 10.2 Å². The third-order valence-corrected chi connectivity index (χ3v) is 4.03. The number of aromatic nitrogens is 3. The van der Waals surface area contributed by atoms with Crippen molar-refractivity contribution in [2.24, 2.45) is 0 Å². The number of nitrogens with zero attached hydrogens (tertiary/aromatic N) is 4. The Balaban J connectivity index is 1.63. The first kappa shape index (κ1) is 13.2. The summed E-state index contributed by atoms with van der Waals surface area (Å²) in [6.45, 7) is 3.97. The van der Waals surface area contributed by atoms with Crippen LogP contribution in [0.3, 0.4) is 0 Å². The van der Waals surface area contributed by atoms with Gasteiger partial charge in [0.2, 0.25) is 0 Å². The first-order valence-electron chi connectivity index (χ1n) is 7.54. The van der Waals surface area contributed by atoms with Gasteiger partial charge in [-0.1, -0.05) is 12.1 Å². The van der Waals surface area contributed by atoms with Crippen LogP contribution in [0.25, 0.3) is 22.0 Å². The third kappa shape index (κ3) is 2.51. The van der Waals surface area contributed by atoms with Crippen LogP contribution >= 0.6 is 0 Å². The van der Waals surface area contributed by atoms with Crippen molar-refractivity contribution in [3.05, 3.63) is 48.8 Å². The van der Waals surface area contributed by atoms with Crippen LogP contribution in [-0.2, 0) is 0 Å². The lowest BCUT2D eigenvalue weighted by Crippen LogP contribution is -2.43. The fourth-order valence-electron chi connectivity index (χ4n) is 2.79. The third-order valence-electron chi connectivity index (χ3n) is 4.03. The van der Waals surface area contributed by atoms with Crippen molar-refractivity contribution in [2.75, 3.05) is 31.1 Å². The molecule has 0 unspecified atom stereocenters. The number of hydrogen-bond donors (Lipinski definition) is 1. The van der Waals surface area contributed by atoms with Gasteiger partial charge >= 0.3 is 0 Å². The molecular weight excluding hydrogens is 274 g/mol. The molecule has 1 N–H and O–H groups in total. The number of nitrogens with one attached hydrogen (secondary N) is 1. The highest BCUT2D eigenvalue weighted by Crippen LogP contribution is 2.23. The SMILES string of the molecule is c1cc2ccc(-c3ccc(N4CCNCC4)nn3)cc2cn1. The lowest BCUT2D eigenvalue weighted by Gasteiger charge is -2.27. The van der Waals surface area contributed by atoms with E-state index >= 15 is 0 Å². The molecule has 1 fully saturated rings. The van der Waals surface area contributed by atoms with E-state index in [-0.39, 0.29) is 0 Å². The van der Waals surface area contributed by atoms with E-state index in [9.17, 15) is 0 Å². The van der Waals surface area contributed by atoms with E-state index in [1.54, 1.807) is 0 Å². The molecule has 1 aliphatic rings. The summed E-state index contributed by atoms with van der Waals surface area (Å²) < 4.78 is 0. The molecule has 1 aliphatic heterocycles. The van der Waals surface area contributed by atoms with Crippen LogP contribution in [0.15, 0.2) is 48.8 Å². The van der Waals surface area contributed by atoms with Gasteiger partial charge in [0, 0.05) is 49.5 Å². The van der Waals surface area contributed by atoms with Gasteiger partial charge in [0.05, 0.1) is 5.69 Å². The molecule has 4 rings (SSSR count). The van der Waals surface area contributed by atoms with Gasteiger partial charge in [-0.05, 0) is 29.7 Å². The van der Waals surface area contributed by atoms with Gasteiger partial charge in [0.1, 0.15) is 0 Å². The van der Waals surface area contributed by atoms with E-state index in [1.807, 2.05) is 24.5 Å². The largest absolute Gasteiger partial charge is 0.353 e. The number of piperazine rings is 1. The van der Waals surface area contributed by atoms with Gasteiger partial charge in [-0.25, -0.2) is 0 Å². The molecule has 0 bridgehead atoms. The highest BCUT2D eigenvalue weighted by atomic mass is 15.3.